The van der Waals surface area contributed by atoms with Gasteiger partial charge in [-0.3, -0.25) is 14.4 Å². The Morgan fingerprint density at radius 2 is 1.92 bits per heavy atom. The molecule has 0 radical (unpaired) electrons. The van der Waals surface area contributed by atoms with Crippen molar-refractivity contribution in [2.24, 2.45) is 5.92 Å². The summed E-state index contributed by atoms with van der Waals surface area (Å²) in [6.45, 7) is 3.84. The summed E-state index contributed by atoms with van der Waals surface area (Å²) < 4.78 is 0. The molecule has 0 aromatic carbocycles. The van der Waals surface area contributed by atoms with Crippen LogP contribution in [0.3, 0.4) is 0 Å². The number of nitrogens with one attached hydrogen (secondary N) is 4. The molecule has 1 aliphatic heterocycles. The van der Waals surface area contributed by atoms with Crippen LogP contribution >= 0.6 is 12.6 Å². The Kier molecular flexibility index (Phi) is 8.70. The molecule has 0 aromatic rings. The molecule has 5 N–H and O–H groups in total. The van der Waals surface area contributed by atoms with Crippen molar-refractivity contribution in [2.45, 2.75) is 44.8 Å². The van der Waals surface area contributed by atoms with Crippen LogP contribution in [0.25, 0.3) is 0 Å². The van der Waals surface area contributed by atoms with E-state index in [0.29, 0.717) is 0 Å². The van der Waals surface area contributed by atoms with E-state index in [2.05, 4.69) is 33.9 Å². The van der Waals surface area contributed by atoms with Gasteiger partial charge in [-0.05, 0) is 25.3 Å². The number of carboxylic acids is 1. The summed E-state index contributed by atoms with van der Waals surface area (Å²) >= 11 is 4.02. The highest BCUT2D eigenvalue weighted by molar-refractivity contribution is 7.80. The van der Waals surface area contributed by atoms with Crippen molar-refractivity contribution in [2.75, 3.05) is 18.8 Å². The number of amides is 3. The first-order chi connectivity index (χ1) is 11.8. The second kappa shape index (κ2) is 10.2. The molecule has 1 fully saturated rings. The first-order valence-electron chi connectivity index (χ1n) is 8.20. The molecule has 3 amide bonds. The minimum absolute atomic E-state index is 0.000134. The Morgan fingerprint density at radius 3 is 2.40 bits per heavy atom. The predicted molar refractivity (Wildman–Crippen MR) is 94.2 cm³/mol. The molecule has 0 aromatic heterocycles. The van der Waals surface area contributed by atoms with Crippen LogP contribution in [0.2, 0.25) is 0 Å². The lowest BCUT2D eigenvalue weighted by atomic mass is 10.0. The van der Waals surface area contributed by atoms with Gasteiger partial charge >= 0.3 is 5.97 Å². The lowest BCUT2D eigenvalue weighted by Gasteiger charge is -2.22. The Hall–Kier alpha value is -1.81. The molecule has 9 nitrogen and oxygen atoms in total. The maximum Gasteiger partial charge on any atom is 0.326 e. The highest BCUT2D eigenvalue weighted by Gasteiger charge is 2.28. The van der Waals surface area contributed by atoms with Gasteiger partial charge in [-0.25, -0.2) is 4.79 Å². The van der Waals surface area contributed by atoms with Gasteiger partial charge in [0.2, 0.25) is 17.7 Å². The number of hydrogen-bond donors (Lipinski definition) is 6. The molecule has 0 saturated carbocycles. The lowest BCUT2D eigenvalue weighted by molar-refractivity contribution is -0.143. The maximum absolute atomic E-state index is 12.1. The number of rotatable bonds is 9. The summed E-state index contributed by atoms with van der Waals surface area (Å²) in [4.78, 5) is 47.0. The summed E-state index contributed by atoms with van der Waals surface area (Å²) in [7, 11) is 0. The third-order valence-corrected chi connectivity index (χ3v) is 4.23. The quantitative estimate of drug-likeness (QED) is 0.272. The molecule has 0 spiro atoms. The van der Waals surface area contributed by atoms with E-state index in [1.54, 1.807) is 13.8 Å². The fourth-order valence-corrected chi connectivity index (χ4v) is 2.66. The fourth-order valence-electron chi connectivity index (χ4n) is 2.41. The molecule has 3 unspecified atom stereocenters. The van der Waals surface area contributed by atoms with Crippen LogP contribution in [0.15, 0.2) is 0 Å². The van der Waals surface area contributed by atoms with Gasteiger partial charge < -0.3 is 26.4 Å². The predicted octanol–water partition coefficient (Wildman–Crippen LogP) is -1.51. The van der Waals surface area contributed by atoms with Crippen LogP contribution in [0.4, 0.5) is 0 Å². The van der Waals surface area contributed by atoms with Crippen molar-refractivity contribution < 1.29 is 24.3 Å². The molecule has 1 saturated heterocycles. The Labute approximate surface area is 152 Å². The maximum atomic E-state index is 12.1. The van der Waals surface area contributed by atoms with Gasteiger partial charge in [0.15, 0.2) is 0 Å². The molecule has 1 heterocycles. The minimum atomic E-state index is -1.15. The van der Waals surface area contributed by atoms with Gasteiger partial charge in [-0.2, -0.15) is 12.6 Å². The zero-order valence-corrected chi connectivity index (χ0v) is 15.3. The minimum Gasteiger partial charge on any atom is -0.480 e. The van der Waals surface area contributed by atoms with Crippen LogP contribution in [-0.4, -0.2) is 65.8 Å². The van der Waals surface area contributed by atoms with E-state index in [-0.39, 0.29) is 30.2 Å². The van der Waals surface area contributed by atoms with E-state index < -0.39 is 29.9 Å². The van der Waals surface area contributed by atoms with Gasteiger partial charge in [0.1, 0.15) is 12.1 Å². The number of hydrogen-bond acceptors (Lipinski definition) is 6. The van der Waals surface area contributed by atoms with Crippen LogP contribution in [0.5, 0.6) is 0 Å². The van der Waals surface area contributed by atoms with E-state index in [1.165, 1.54) is 0 Å². The van der Waals surface area contributed by atoms with E-state index in [4.69, 9.17) is 5.11 Å². The molecule has 0 aliphatic carbocycles. The van der Waals surface area contributed by atoms with E-state index in [0.717, 1.165) is 19.4 Å². The number of carbonyl (C=O) groups is 4. The van der Waals surface area contributed by atoms with E-state index >= 15 is 0 Å². The Morgan fingerprint density at radius 1 is 1.24 bits per heavy atom. The van der Waals surface area contributed by atoms with E-state index in [1.807, 2.05) is 0 Å². The zero-order valence-electron chi connectivity index (χ0n) is 14.4. The average Bonchev–Trinajstić information content (AvgIpc) is 3.08. The van der Waals surface area contributed by atoms with Crippen molar-refractivity contribution in [3.63, 3.8) is 0 Å². The summed E-state index contributed by atoms with van der Waals surface area (Å²) in [5.74, 6) is -2.89. The summed E-state index contributed by atoms with van der Waals surface area (Å²) in [6.07, 6.45) is 1.63. The average molecular weight is 374 g/mol. The van der Waals surface area contributed by atoms with Gasteiger partial charge in [0.05, 0.1) is 12.6 Å². The number of aliphatic carboxylic acids is 1. The molecular formula is C15H26N4O5S. The molecule has 1 aliphatic rings. The number of thiol groups is 1. The first-order valence-corrected chi connectivity index (χ1v) is 8.84. The normalized spacial score (nSPS) is 19.1. The smallest absolute Gasteiger partial charge is 0.326 e. The molecule has 1 rings (SSSR count). The van der Waals surface area contributed by atoms with Gasteiger partial charge in [0.25, 0.3) is 0 Å². The van der Waals surface area contributed by atoms with Crippen molar-refractivity contribution in [3.05, 3.63) is 0 Å². The van der Waals surface area contributed by atoms with Crippen molar-refractivity contribution >= 4 is 36.3 Å². The van der Waals surface area contributed by atoms with Crippen LogP contribution < -0.4 is 21.3 Å². The first kappa shape index (κ1) is 21.2. The summed E-state index contributed by atoms with van der Waals surface area (Å²) in [6, 6.07) is -2.34. The van der Waals surface area contributed by atoms with Gasteiger partial charge in [-0.1, -0.05) is 13.8 Å². The Bertz CT molecular complexity index is 508. The van der Waals surface area contributed by atoms with E-state index in [9.17, 15) is 19.2 Å². The van der Waals surface area contributed by atoms with Crippen molar-refractivity contribution in [1.82, 2.24) is 21.3 Å². The topological polar surface area (TPSA) is 137 Å². The van der Waals surface area contributed by atoms with Crippen LogP contribution in [-0.2, 0) is 19.2 Å². The number of carboxylic acid groups (broad SMARTS) is 1. The highest BCUT2D eigenvalue weighted by Crippen LogP contribution is 2.04. The zero-order chi connectivity index (χ0) is 19.0. The molecule has 25 heavy (non-hydrogen) atoms. The third kappa shape index (κ3) is 6.91. The van der Waals surface area contributed by atoms with Crippen LogP contribution in [0.1, 0.15) is 26.7 Å². The van der Waals surface area contributed by atoms with Gasteiger partial charge in [-0.15, -0.1) is 0 Å². The van der Waals surface area contributed by atoms with Crippen molar-refractivity contribution in [3.8, 4) is 0 Å². The fraction of sp³-hybridized carbons (Fsp3) is 0.733. The second-order valence-electron chi connectivity index (χ2n) is 6.24. The lowest BCUT2D eigenvalue weighted by Crippen LogP contribution is -2.55. The Balaban J connectivity index is 2.47. The molecule has 3 atom stereocenters. The summed E-state index contributed by atoms with van der Waals surface area (Å²) in [5, 5.41) is 19.4. The molecule has 142 valence electrons. The van der Waals surface area contributed by atoms with Crippen LogP contribution in [0, 0.1) is 5.92 Å². The number of carbonyl (C=O) groups excluding carboxylic acids is 3. The molecule has 10 heteroatoms. The van der Waals surface area contributed by atoms with Gasteiger partial charge in [0, 0.05) is 5.75 Å². The van der Waals surface area contributed by atoms with Crippen molar-refractivity contribution in [1.29, 1.82) is 0 Å². The third-order valence-electron chi connectivity index (χ3n) is 3.86. The monoisotopic (exact) mass is 374 g/mol. The SMILES string of the molecule is CC(C)C(NC(=O)C(CS)NC(=O)CNC(=O)C1CCCN1)C(=O)O. The molecule has 0 bridgehead atoms. The largest absolute Gasteiger partial charge is 0.480 e. The summed E-state index contributed by atoms with van der Waals surface area (Å²) in [5.41, 5.74) is 0. The molecular weight excluding hydrogens is 348 g/mol. The highest BCUT2D eigenvalue weighted by atomic mass is 32.1. The standard InChI is InChI=1S/C15H26N4O5S/c1-8(2)12(15(23)24)19-14(22)10(7-25)18-11(20)6-17-13(21)9-4-3-5-16-9/h8-10,12,16,25H,3-7H2,1-2H3,(H,17,21)(H,18,20)(H,19,22)(H,23,24). The second-order valence-corrected chi connectivity index (χ2v) is 6.60.